The number of fused-ring (bicyclic) bond motifs is 9. The fourth-order valence-corrected chi connectivity index (χ4v) is 7.58. The van der Waals surface area contributed by atoms with Gasteiger partial charge < -0.3 is 4.57 Å². The minimum absolute atomic E-state index is 0.673. The Labute approximate surface area is 270 Å². The van der Waals surface area contributed by atoms with E-state index in [1.165, 1.54) is 48.9 Å². The van der Waals surface area contributed by atoms with Gasteiger partial charge in [0.15, 0.2) is 0 Å². The number of hydrogen-bond acceptors (Lipinski definition) is 2. The maximum atomic E-state index is 5.42. The van der Waals surface area contributed by atoms with E-state index in [0.717, 1.165) is 38.9 Å². The monoisotopic (exact) mass is 600 g/mol. The Balaban J connectivity index is 1.28. The van der Waals surface area contributed by atoms with Crippen LogP contribution in [0.2, 0.25) is 0 Å². The van der Waals surface area contributed by atoms with E-state index in [0.29, 0.717) is 5.95 Å². The molecular formula is C43H28N4. The molecule has 10 aromatic rings. The molecule has 0 N–H and O–H groups in total. The number of para-hydroxylation sites is 4. The Bertz CT molecular complexity index is 2860. The Morgan fingerprint density at radius 3 is 1.85 bits per heavy atom. The van der Waals surface area contributed by atoms with E-state index < -0.39 is 0 Å². The van der Waals surface area contributed by atoms with E-state index in [4.69, 9.17) is 9.97 Å². The number of aryl methyl sites for hydroxylation is 1. The number of rotatable bonds is 3. The smallest absolute Gasteiger partial charge is 0.235 e. The second kappa shape index (κ2) is 9.87. The summed E-state index contributed by atoms with van der Waals surface area (Å²) in [5.74, 6) is 0.673. The lowest BCUT2D eigenvalue weighted by Crippen LogP contribution is -2.03. The molecule has 0 spiro atoms. The van der Waals surface area contributed by atoms with Gasteiger partial charge in [-0.2, -0.15) is 0 Å². The molecule has 7 aromatic carbocycles. The quantitative estimate of drug-likeness (QED) is 0.202. The summed E-state index contributed by atoms with van der Waals surface area (Å²) in [5.41, 5.74) is 9.86. The molecule has 0 aliphatic rings. The molecule has 4 nitrogen and oxygen atoms in total. The minimum Gasteiger partial charge on any atom is -0.309 e. The number of nitrogens with zero attached hydrogens (tertiary/aromatic N) is 4. The van der Waals surface area contributed by atoms with E-state index in [1.807, 2.05) is 0 Å². The summed E-state index contributed by atoms with van der Waals surface area (Å²) in [6.45, 7) is 2.19. The summed E-state index contributed by atoms with van der Waals surface area (Å²) in [6, 6.07) is 54.0. The first-order chi connectivity index (χ1) is 23.2. The van der Waals surface area contributed by atoms with Crippen molar-refractivity contribution in [2.24, 2.45) is 0 Å². The molecule has 0 unspecified atom stereocenters. The van der Waals surface area contributed by atoms with Crippen molar-refractivity contribution >= 4 is 65.3 Å². The number of hydrogen-bond donors (Lipinski definition) is 0. The molecule has 0 atom stereocenters. The maximum Gasteiger partial charge on any atom is 0.235 e. The van der Waals surface area contributed by atoms with E-state index in [1.54, 1.807) is 0 Å². The molecule has 3 aromatic heterocycles. The molecule has 0 aliphatic carbocycles. The van der Waals surface area contributed by atoms with Crippen LogP contribution in [0, 0.1) is 6.92 Å². The number of benzene rings is 7. The van der Waals surface area contributed by atoms with Gasteiger partial charge in [-0.05, 0) is 71.8 Å². The van der Waals surface area contributed by atoms with Crippen molar-refractivity contribution < 1.29 is 0 Å². The van der Waals surface area contributed by atoms with Crippen molar-refractivity contribution in [2.45, 2.75) is 6.92 Å². The molecule has 47 heavy (non-hydrogen) atoms. The highest BCUT2D eigenvalue weighted by Crippen LogP contribution is 2.40. The fourth-order valence-electron chi connectivity index (χ4n) is 7.58. The lowest BCUT2D eigenvalue weighted by Gasteiger charge is -2.13. The average Bonchev–Trinajstić information content (AvgIpc) is 3.64. The summed E-state index contributed by atoms with van der Waals surface area (Å²) in [4.78, 5) is 10.6. The van der Waals surface area contributed by atoms with Crippen molar-refractivity contribution in [1.82, 2.24) is 19.1 Å². The minimum atomic E-state index is 0.673. The zero-order valence-corrected chi connectivity index (χ0v) is 25.7. The van der Waals surface area contributed by atoms with Crippen LogP contribution in [0.15, 0.2) is 152 Å². The van der Waals surface area contributed by atoms with Crippen LogP contribution in [-0.2, 0) is 0 Å². The van der Waals surface area contributed by atoms with Crippen molar-refractivity contribution in [2.75, 3.05) is 0 Å². The van der Waals surface area contributed by atoms with E-state index in [9.17, 15) is 0 Å². The van der Waals surface area contributed by atoms with Crippen molar-refractivity contribution in [1.29, 1.82) is 0 Å². The zero-order chi connectivity index (χ0) is 31.1. The van der Waals surface area contributed by atoms with Crippen molar-refractivity contribution in [3.8, 4) is 22.9 Å². The second-order valence-electron chi connectivity index (χ2n) is 12.3. The van der Waals surface area contributed by atoms with Gasteiger partial charge in [0.1, 0.15) is 0 Å². The molecule has 0 radical (unpaired) electrons. The van der Waals surface area contributed by atoms with Gasteiger partial charge in [0.25, 0.3) is 0 Å². The molecule has 10 rings (SSSR count). The predicted molar refractivity (Wildman–Crippen MR) is 196 cm³/mol. The average molecular weight is 601 g/mol. The summed E-state index contributed by atoms with van der Waals surface area (Å²) >= 11 is 0. The van der Waals surface area contributed by atoms with Crippen molar-refractivity contribution in [3.63, 3.8) is 0 Å². The normalized spacial score (nSPS) is 11.9. The highest BCUT2D eigenvalue weighted by atomic mass is 15.2. The van der Waals surface area contributed by atoms with Gasteiger partial charge in [-0.3, -0.25) is 4.57 Å². The first kappa shape index (κ1) is 26.0. The summed E-state index contributed by atoms with van der Waals surface area (Å²) < 4.78 is 4.60. The molecule has 0 saturated carbocycles. The van der Waals surface area contributed by atoms with Gasteiger partial charge in [0, 0.05) is 38.2 Å². The third kappa shape index (κ3) is 3.76. The molecule has 3 heterocycles. The Morgan fingerprint density at radius 2 is 1.04 bits per heavy atom. The van der Waals surface area contributed by atoms with Gasteiger partial charge in [0.05, 0.1) is 33.3 Å². The molecule has 0 aliphatic heterocycles. The summed E-state index contributed by atoms with van der Waals surface area (Å²) in [7, 11) is 0. The maximum absolute atomic E-state index is 5.42. The van der Waals surface area contributed by atoms with Crippen LogP contribution in [-0.4, -0.2) is 19.1 Å². The fraction of sp³-hybridized carbons (Fsp3) is 0.0233. The molecular weight excluding hydrogens is 573 g/mol. The SMILES string of the molecule is Cc1cc2c(c3ccccc13)c1ccccc1n2-c1nc(-c2ccc3c(c2)c2ccccc2n3-c2ccccc2)c2ccccc2n1. The van der Waals surface area contributed by atoms with Crippen LogP contribution in [0.25, 0.3) is 88.2 Å². The van der Waals surface area contributed by atoms with Crippen LogP contribution in [0.1, 0.15) is 5.56 Å². The summed E-state index contributed by atoms with van der Waals surface area (Å²) in [6.07, 6.45) is 0. The van der Waals surface area contributed by atoms with Gasteiger partial charge in [-0.1, -0.05) is 103 Å². The highest BCUT2D eigenvalue weighted by molar-refractivity contribution is 6.22. The lowest BCUT2D eigenvalue weighted by molar-refractivity contribution is 1.01. The van der Waals surface area contributed by atoms with Crippen LogP contribution >= 0.6 is 0 Å². The van der Waals surface area contributed by atoms with E-state index >= 15 is 0 Å². The Kier molecular flexibility index (Phi) is 5.46. The van der Waals surface area contributed by atoms with Crippen LogP contribution in [0.5, 0.6) is 0 Å². The van der Waals surface area contributed by atoms with Gasteiger partial charge in [-0.25, -0.2) is 9.97 Å². The van der Waals surface area contributed by atoms with Gasteiger partial charge >= 0.3 is 0 Å². The Hall–Kier alpha value is -6.26. The van der Waals surface area contributed by atoms with Crippen molar-refractivity contribution in [3.05, 3.63) is 157 Å². The Morgan fingerprint density at radius 1 is 0.426 bits per heavy atom. The van der Waals surface area contributed by atoms with Gasteiger partial charge in [0.2, 0.25) is 5.95 Å². The van der Waals surface area contributed by atoms with Crippen LogP contribution in [0.4, 0.5) is 0 Å². The lowest BCUT2D eigenvalue weighted by atomic mass is 10.00. The zero-order valence-electron chi connectivity index (χ0n) is 25.7. The molecule has 0 amide bonds. The molecule has 4 heteroatoms. The van der Waals surface area contributed by atoms with Crippen LogP contribution < -0.4 is 0 Å². The number of aromatic nitrogens is 4. The third-order valence-corrected chi connectivity index (χ3v) is 9.64. The van der Waals surface area contributed by atoms with Gasteiger partial charge in [-0.15, -0.1) is 0 Å². The second-order valence-corrected chi connectivity index (χ2v) is 12.3. The van der Waals surface area contributed by atoms with E-state index in [-0.39, 0.29) is 0 Å². The topological polar surface area (TPSA) is 35.6 Å². The molecule has 0 saturated heterocycles. The third-order valence-electron chi connectivity index (χ3n) is 9.64. The standard InChI is InChI=1S/C43H28N4/c1-27-25-40-41(32-17-6-5-15-30(27)32)34-19-9-12-22-38(34)47(40)43-44-36-20-10-7-18-33(36)42(45-43)28-23-24-39-35(26-28)31-16-8-11-21-37(31)46(39)29-13-3-2-4-14-29/h2-26H,1H3. The first-order valence-corrected chi connectivity index (χ1v) is 16.0. The predicted octanol–water partition coefficient (Wildman–Crippen LogP) is 11.0. The highest BCUT2D eigenvalue weighted by Gasteiger charge is 2.20. The van der Waals surface area contributed by atoms with E-state index in [2.05, 4.69) is 168 Å². The largest absolute Gasteiger partial charge is 0.309 e. The van der Waals surface area contributed by atoms with Crippen LogP contribution in [0.3, 0.4) is 0 Å². The first-order valence-electron chi connectivity index (χ1n) is 16.0. The molecule has 0 fully saturated rings. The molecule has 220 valence electrons. The summed E-state index contributed by atoms with van der Waals surface area (Å²) in [5, 5.41) is 8.40. The molecule has 0 bridgehead atoms.